The molecule has 7 rings (SSSR count). The molecule has 0 radical (unpaired) electrons. The van der Waals surface area contributed by atoms with E-state index in [-0.39, 0.29) is 0 Å². The van der Waals surface area contributed by atoms with Gasteiger partial charge in [-0.1, -0.05) is 48.0 Å². The fraction of sp³-hybridized carbons (Fsp3) is 0.103. The van der Waals surface area contributed by atoms with Crippen LogP contribution in [-0.2, 0) is 0 Å². The first-order valence-electron chi connectivity index (χ1n) is 12.0. The van der Waals surface area contributed by atoms with Crippen LogP contribution in [0.2, 0.25) is 5.02 Å². The van der Waals surface area contributed by atoms with E-state index in [0.717, 1.165) is 11.3 Å². The van der Waals surface area contributed by atoms with Crippen molar-refractivity contribution >= 4 is 33.9 Å². The second-order valence-electron chi connectivity index (χ2n) is 9.30. The average molecular weight is 522 g/mol. The van der Waals surface area contributed by atoms with Crippen molar-refractivity contribution in [2.45, 2.75) is 5.92 Å². The molecule has 0 saturated carbocycles. The van der Waals surface area contributed by atoms with Gasteiger partial charge in [-0.2, -0.15) is 0 Å². The lowest BCUT2D eigenvalue weighted by atomic mass is 9.84. The molecule has 9 heteroatoms. The minimum absolute atomic E-state index is 0.362. The van der Waals surface area contributed by atoms with Gasteiger partial charge in [-0.3, -0.25) is 0 Å². The first-order valence-corrected chi connectivity index (χ1v) is 12.4. The van der Waals surface area contributed by atoms with E-state index in [1.807, 2.05) is 79.7 Å². The highest BCUT2D eigenvalue weighted by Crippen LogP contribution is 2.49. The predicted molar refractivity (Wildman–Crippen MR) is 145 cm³/mol. The normalized spacial score (nSPS) is 14.2. The molecule has 0 bridgehead atoms. The Labute approximate surface area is 221 Å². The third kappa shape index (κ3) is 3.38. The van der Waals surface area contributed by atoms with Crippen molar-refractivity contribution in [1.82, 2.24) is 19.6 Å². The Bertz CT molecular complexity index is 1930. The zero-order valence-corrected chi connectivity index (χ0v) is 21.2. The fourth-order valence-electron chi connectivity index (χ4n) is 4.98. The van der Waals surface area contributed by atoms with Gasteiger partial charge in [-0.05, 0) is 42.0 Å². The van der Waals surface area contributed by atoms with Gasteiger partial charge >= 0.3 is 5.63 Å². The molecule has 0 N–H and O–H groups in total. The predicted octanol–water partition coefficient (Wildman–Crippen LogP) is 5.90. The van der Waals surface area contributed by atoms with Gasteiger partial charge in [0.15, 0.2) is 17.2 Å². The molecule has 3 aromatic carbocycles. The average Bonchev–Trinajstić information content (AvgIpc) is 3.37. The standard InChI is InChI=1S/C29H20ClN5O3/c1-34(2)17-13-11-16(12-14-17)22-23-25(19-8-4-6-10-21(19)37-29(23)36)38-28-24(22)27-32-26(33-35(27)15-31-28)18-7-3-5-9-20(18)30/h3-15,22H,1-2H3. The van der Waals surface area contributed by atoms with Crippen molar-refractivity contribution in [1.29, 1.82) is 0 Å². The van der Waals surface area contributed by atoms with Crippen molar-refractivity contribution in [2.24, 2.45) is 0 Å². The van der Waals surface area contributed by atoms with E-state index in [9.17, 15) is 4.79 Å². The summed E-state index contributed by atoms with van der Waals surface area (Å²) in [5.74, 6) is 0.698. The second kappa shape index (κ2) is 8.43. The molecule has 0 fully saturated rings. The fourth-order valence-corrected chi connectivity index (χ4v) is 5.20. The van der Waals surface area contributed by atoms with Crippen molar-refractivity contribution in [3.05, 3.63) is 111 Å². The number of ether oxygens (including phenoxy) is 1. The molecule has 1 aliphatic rings. The largest absolute Gasteiger partial charge is 0.437 e. The van der Waals surface area contributed by atoms with Crippen LogP contribution in [0.15, 0.2) is 88.3 Å². The van der Waals surface area contributed by atoms with Crippen LogP contribution in [0, 0.1) is 0 Å². The zero-order chi connectivity index (χ0) is 26.0. The second-order valence-corrected chi connectivity index (χ2v) is 9.70. The first-order chi connectivity index (χ1) is 18.5. The molecule has 0 spiro atoms. The summed E-state index contributed by atoms with van der Waals surface area (Å²) in [5.41, 5.74) is 4.13. The summed E-state index contributed by atoms with van der Waals surface area (Å²) in [7, 11) is 3.96. The lowest BCUT2D eigenvalue weighted by molar-refractivity contribution is 0.422. The molecular weight excluding hydrogens is 502 g/mol. The molecule has 1 aliphatic heterocycles. The van der Waals surface area contributed by atoms with Crippen LogP contribution >= 0.6 is 11.6 Å². The van der Waals surface area contributed by atoms with Crippen LogP contribution < -0.4 is 15.3 Å². The molecular formula is C29H20ClN5O3. The monoisotopic (exact) mass is 521 g/mol. The van der Waals surface area contributed by atoms with Crippen LogP contribution in [-0.4, -0.2) is 33.7 Å². The van der Waals surface area contributed by atoms with E-state index in [4.69, 9.17) is 25.7 Å². The molecule has 1 unspecified atom stereocenters. The Morgan fingerprint density at radius 3 is 2.50 bits per heavy atom. The Morgan fingerprint density at radius 2 is 1.71 bits per heavy atom. The number of halogens is 1. The third-order valence-corrected chi connectivity index (χ3v) is 7.15. The molecule has 0 aliphatic carbocycles. The maximum atomic E-state index is 13.5. The van der Waals surface area contributed by atoms with Crippen LogP contribution in [0.25, 0.3) is 28.0 Å². The quantitative estimate of drug-likeness (QED) is 0.267. The van der Waals surface area contributed by atoms with E-state index >= 15 is 0 Å². The third-order valence-electron chi connectivity index (χ3n) is 6.82. The Balaban J connectivity index is 1.53. The lowest BCUT2D eigenvalue weighted by Crippen LogP contribution is -2.22. The minimum atomic E-state index is -0.551. The summed E-state index contributed by atoms with van der Waals surface area (Å²) >= 11 is 6.45. The number of para-hydroxylation sites is 1. The molecule has 0 saturated heterocycles. The van der Waals surface area contributed by atoms with E-state index in [1.54, 1.807) is 23.0 Å². The van der Waals surface area contributed by atoms with Crippen molar-refractivity contribution in [3.63, 3.8) is 0 Å². The van der Waals surface area contributed by atoms with Gasteiger partial charge in [0.1, 0.15) is 11.9 Å². The van der Waals surface area contributed by atoms with Gasteiger partial charge in [0.25, 0.3) is 0 Å². The number of hydrogen-bond acceptors (Lipinski definition) is 7. The Morgan fingerprint density at radius 1 is 0.947 bits per heavy atom. The highest BCUT2D eigenvalue weighted by Gasteiger charge is 2.37. The summed E-state index contributed by atoms with van der Waals surface area (Å²) in [4.78, 5) is 25.0. The van der Waals surface area contributed by atoms with Crippen LogP contribution in [0.3, 0.4) is 0 Å². The zero-order valence-electron chi connectivity index (χ0n) is 20.4. The van der Waals surface area contributed by atoms with Gasteiger partial charge in [0, 0.05) is 25.3 Å². The smallest absolute Gasteiger partial charge is 0.344 e. The highest BCUT2D eigenvalue weighted by atomic mass is 35.5. The van der Waals surface area contributed by atoms with E-state index in [2.05, 4.69) is 10.1 Å². The number of benzene rings is 3. The summed E-state index contributed by atoms with van der Waals surface area (Å²) in [6.07, 6.45) is 1.56. The number of rotatable bonds is 3. The molecule has 8 nitrogen and oxygen atoms in total. The summed E-state index contributed by atoms with van der Waals surface area (Å²) in [6.45, 7) is 0. The van der Waals surface area contributed by atoms with Crippen molar-refractivity contribution < 1.29 is 9.15 Å². The van der Waals surface area contributed by atoms with Gasteiger partial charge in [-0.15, -0.1) is 5.10 Å². The number of hydrogen-bond donors (Lipinski definition) is 0. The van der Waals surface area contributed by atoms with Gasteiger partial charge < -0.3 is 14.1 Å². The SMILES string of the molecule is CN(C)c1ccc(C2c3c(c4ccccc4oc3=O)Oc3ncn4nc(-c5ccccc5Cl)nc4c32)cc1. The molecule has 0 amide bonds. The van der Waals surface area contributed by atoms with Crippen LogP contribution in [0.4, 0.5) is 5.69 Å². The van der Waals surface area contributed by atoms with E-state index in [1.165, 1.54) is 0 Å². The lowest BCUT2D eigenvalue weighted by Gasteiger charge is -2.27. The number of anilines is 1. The molecule has 1 atom stereocenters. The Hall–Kier alpha value is -4.69. The highest BCUT2D eigenvalue weighted by molar-refractivity contribution is 6.33. The maximum absolute atomic E-state index is 13.5. The topological polar surface area (TPSA) is 85.8 Å². The number of nitrogens with zero attached hydrogens (tertiary/aromatic N) is 5. The number of aromatic nitrogens is 4. The molecule has 186 valence electrons. The molecule has 4 heterocycles. The van der Waals surface area contributed by atoms with Crippen LogP contribution in [0.1, 0.15) is 22.6 Å². The van der Waals surface area contributed by atoms with Gasteiger partial charge in [-0.25, -0.2) is 19.3 Å². The van der Waals surface area contributed by atoms with Crippen molar-refractivity contribution in [3.8, 4) is 23.0 Å². The summed E-state index contributed by atoms with van der Waals surface area (Å²) in [5, 5.41) is 5.87. The molecule has 6 aromatic rings. The van der Waals surface area contributed by atoms with Gasteiger partial charge in [0.2, 0.25) is 5.88 Å². The first kappa shape index (κ1) is 22.5. The Kier molecular flexibility index (Phi) is 4.99. The van der Waals surface area contributed by atoms with E-state index < -0.39 is 11.5 Å². The van der Waals surface area contributed by atoms with Gasteiger partial charge in [0.05, 0.1) is 27.5 Å². The molecule has 3 aromatic heterocycles. The van der Waals surface area contributed by atoms with Crippen molar-refractivity contribution in [2.75, 3.05) is 19.0 Å². The van der Waals surface area contributed by atoms with Crippen LogP contribution in [0.5, 0.6) is 11.6 Å². The maximum Gasteiger partial charge on any atom is 0.344 e. The van der Waals surface area contributed by atoms with E-state index in [0.29, 0.717) is 55.8 Å². The summed E-state index contributed by atoms with van der Waals surface area (Å²) in [6, 6.07) is 22.7. The number of fused-ring (bicyclic) bond motifs is 6. The molecule has 38 heavy (non-hydrogen) atoms. The minimum Gasteiger partial charge on any atom is -0.437 e. The summed E-state index contributed by atoms with van der Waals surface area (Å²) < 4.78 is 13.7.